The SMILES string of the molecule is CO[C@@H]1CCNC[C@@H]1NC(=O)C=Cc1ccccc1.Cl. The lowest BCUT2D eigenvalue weighted by Gasteiger charge is -2.31. The third-order valence-electron chi connectivity index (χ3n) is 3.28. The van der Waals surface area contributed by atoms with Crippen LogP contribution >= 0.6 is 12.4 Å². The van der Waals surface area contributed by atoms with Gasteiger partial charge in [-0.2, -0.15) is 0 Å². The van der Waals surface area contributed by atoms with Gasteiger partial charge in [0, 0.05) is 19.7 Å². The molecule has 110 valence electrons. The lowest BCUT2D eigenvalue weighted by Crippen LogP contribution is -2.54. The van der Waals surface area contributed by atoms with Crippen molar-refractivity contribution in [3.8, 4) is 0 Å². The molecular weight excluding hydrogens is 276 g/mol. The lowest BCUT2D eigenvalue weighted by molar-refractivity contribution is -0.118. The number of carbonyl (C=O) groups excluding carboxylic acids is 1. The number of nitrogens with one attached hydrogen (secondary N) is 2. The van der Waals surface area contributed by atoms with E-state index in [0.29, 0.717) is 0 Å². The summed E-state index contributed by atoms with van der Waals surface area (Å²) < 4.78 is 5.39. The van der Waals surface area contributed by atoms with E-state index < -0.39 is 0 Å². The second-order valence-electron chi connectivity index (χ2n) is 4.63. The second kappa shape index (κ2) is 8.74. The van der Waals surface area contributed by atoms with Gasteiger partial charge >= 0.3 is 0 Å². The highest BCUT2D eigenvalue weighted by Gasteiger charge is 2.25. The van der Waals surface area contributed by atoms with Gasteiger partial charge in [-0.25, -0.2) is 0 Å². The molecule has 1 fully saturated rings. The normalized spacial score (nSPS) is 22.2. The maximum atomic E-state index is 11.9. The van der Waals surface area contributed by atoms with E-state index in [-0.39, 0.29) is 30.5 Å². The molecule has 1 aromatic carbocycles. The molecule has 5 heteroatoms. The molecule has 1 heterocycles. The zero-order valence-corrected chi connectivity index (χ0v) is 12.4. The molecule has 0 spiro atoms. The number of methoxy groups -OCH3 is 1. The molecule has 0 aromatic heterocycles. The quantitative estimate of drug-likeness (QED) is 0.830. The predicted octanol–water partition coefficient (Wildman–Crippen LogP) is 1.61. The first kappa shape index (κ1) is 16.7. The Morgan fingerprint density at radius 3 is 2.85 bits per heavy atom. The Morgan fingerprint density at radius 2 is 2.15 bits per heavy atom. The summed E-state index contributed by atoms with van der Waals surface area (Å²) in [6.45, 7) is 1.69. The van der Waals surface area contributed by atoms with Gasteiger partial charge in [-0.3, -0.25) is 4.79 Å². The Hall–Kier alpha value is -1.36. The van der Waals surface area contributed by atoms with Crippen molar-refractivity contribution in [3.05, 3.63) is 42.0 Å². The van der Waals surface area contributed by atoms with Crippen molar-refractivity contribution in [1.82, 2.24) is 10.6 Å². The summed E-state index contributed by atoms with van der Waals surface area (Å²) in [7, 11) is 1.69. The topological polar surface area (TPSA) is 50.4 Å². The first-order chi connectivity index (χ1) is 9.29. The minimum absolute atomic E-state index is 0. The first-order valence-electron chi connectivity index (χ1n) is 6.57. The molecule has 2 rings (SSSR count). The van der Waals surface area contributed by atoms with Crippen LogP contribution in [0.5, 0.6) is 0 Å². The van der Waals surface area contributed by atoms with Crippen molar-refractivity contribution in [3.63, 3.8) is 0 Å². The van der Waals surface area contributed by atoms with Crippen LogP contribution in [0, 0.1) is 0 Å². The maximum absolute atomic E-state index is 11.9. The van der Waals surface area contributed by atoms with Gasteiger partial charge in [-0.05, 0) is 24.6 Å². The third kappa shape index (κ3) is 4.96. The molecule has 2 atom stereocenters. The van der Waals surface area contributed by atoms with Crippen molar-refractivity contribution in [1.29, 1.82) is 0 Å². The molecule has 0 bridgehead atoms. The summed E-state index contributed by atoms with van der Waals surface area (Å²) in [6, 6.07) is 9.81. The van der Waals surface area contributed by atoms with Crippen LogP contribution in [0.4, 0.5) is 0 Å². The highest BCUT2D eigenvalue weighted by atomic mass is 35.5. The number of hydrogen-bond donors (Lipinski definition) is 2. The maximum Gasteiger partial charge on any atom is 0.244 e. The number of carbonyl (C=O) groups is 1. The van der Waals surface area contributed by atoms with Crippen LogP contribution < -0.4 is 10.6 Å². The summed E-state index contributed by atoms with van der Waals surface area (Å²) in [6.07, 6.45) is 4.39. The number of benzene rings is 1. The fourth-order valence-electron chi connectivity index (χ4n) is 2.23. The number of halogens is 1. The molecule has 20 heavy (non-hydrogen) atoms. The van der Waals surface area contributed by atoms with Crippen molar-refractivity contribution in [2.24, 2.45) is 0 Å². The van der Waals surface area contributed by atoms with Gasteiger partial charge in [0.2, 0.25) is 5.91 Å². The molecule has 0 saturated carbocycles. The standard InChI is InChI=1S/C15H20N2O2.ClH/c1-19-14-9-10-16-11-13(14)17-15(18)8-7-12-5-3-2-4-6-12;/h2-8,13-14,16H,9-11H2,1H3,(H,17,18);1H/t13-,14+;/m0./s1. The summed E-state index contributed by atoms with van der Waals surface area (Å²) in [5.41, 5.74) is 1.02. The van der Waals surface area contributed by atoms with Gasteiger partial charge in [-0.1, -0.05) is 30.3 Å². The van der Waals surface area contributed by atoms with E-state index in [0.717, 1.165) is 25.1 Å². The van der Waals surface area contributed by atoms with Crippen LogP contribution in [0.25, 0.3) is 6.08 Å². The summed E-state index contributed by atoms with van der Waals surface area (Å²) in [4.78, 5) is 11.9. The molecule has 4 nitrogen and oxygen atoms in total. The van der Waals surface area contributed by atoms with E-state index in [1.165, 1.54) is 0 Å². The van der Waals surface area contributed by atoms with Crippen LogP contribution in [-0.4, -0.2) is 38.3 Å². The Bertz CT molecular complexity index is 437. The van der Waals surface area contributed by atoms with Crippen molar-refractivity contribution in [2.75, 3.05) is 20.2 Å². The molecule has 2 N–H and O–H groups in total. The van der Waals surface area contributed by atoms with Gasteiger partial charge in [0.1, 0.15) is 0 Å². The molecule has 0 unspecified atom stereocenters. The van der Waals surface area contributed by atoms with Crippen LogP contribution in [0.1, 0.15) is 12.0 Å². The van der Waals surface area contributed by atoms with Gasteiger partial charge in [0.15, 0.2) is 0 Å². The molecule has 1 aliphatic rings. The lowest BCUT2D eigenvalue weighted by atomic mass is 10.0. The fraction of sp³-hybridized carbons (Fsp3) is 0.400. The largest absolute Gasteiger partial charge is 0.379 e. The van der Waals surface area contributed by atoms with E-state index in [4.69, 9.17) is 4.74 Å². The smallest absolute Gasteiger partial charge is 0.244 e. The highest BCUT2D eigenvalue weighted by Crippen LogP contribution is 2.07. The van der Waals surface area contributed by atoms with E-state index in [2.05, 4.69) is 10.6 Å². The zero-order valence-electron chi connectivity index (χ0n) is 11.5. The molecule has 1 saturated heterocycles. The monoisotopic (exact) mass is 296 g/mol. The summed E-state index contributed by atoms with van der Waals surface area (Å²) in [5.74, 6) is -0.0837. The minimum atomic E-state index is -0.0837. The van der Waals surface area contributed by atoms with Gasteiger partial charge in [-0.15, -0.1) is 12.4 Å². The number of piperidine rings is 1. The molecule has 1 aliphatic heterocycles. The van der Waals surface area contributed by atoms with Crippen molar-refractivity contribution >= 4 is 24.4 Å². The van der Waals surface area contributed by atoms with Crippen LogP contribution in [0.2, 0.25) is 0 Å². The molecule has 1 aromatic rings. The van der Waals surface area contributed by atoms with Gasteiger partial charge < -0.3 is 15.4 Å². The fourth-order valence-corrected chi connectivity index (χ4v) is 2.23. The average molecular weight is 297 g/mol. The van der Waals surface area contributed by atoms with E-state index in [1.54, 1.807) is 13.2 Å². The number of rotatable bonds is 4. The zero-order chi connectivity index (χ0) is 13.5. The van der Waals surface area contributed by atoms with E-state index in [1.807, 2.05) is 36.4 Å². The highest BCUT2D eigenvalue weighted by molar-refractivity contribution is 5.91. The van der Waals surface area contributed by atoms with Crippen molar-refractivity contribution in [2.45, 2.75) is 18.6 Å². The first-order valence-corrected chi connectivity index (χ1v) is 6.57. The van der Waals surface area contributed by atoms with Gasteiger partial charge in [0.25, 0.3) is 0 Å². The minimum Gasteiger partial charge on any atom is -0.379 e. The van der Waals surface area contributed by atoms with Gasteiger partial charge in [0.05, 0.1) is 12.1 Å². The Morgan fingerprint density at radius 1 is 1.40 bits per heavy atom. The molecule has 0 aliphatic carbocycles. The van der Waals surface area contributed by atoms with E-state index in [9.17, 15) is 4.79 Å². The Kier molecular flexibility index (Phi) is 7.30. The Balaban J connectivity index is 0.00000200. The summed E-state index contributed by atoms with van der Waals surface area (Å²) >= 11 is 0. The van der Waals surface area contributed by atoms with Crippen LogP contribution in [0.15, 0.2) is 36.4 Å². The number of amides is 1. The van der Waals surface area contributed by atoms with Crippen LogP contribution in [0.3, 0.4) is 0 Å². The number of ether oxygens (including phenoxy) is 1. The predicted molar refractivity (Wildman–Crippen MR) is 82.9 cm³/mol. The molecular formula is C15H21ClN2O2. The molecule has 0 radical (unpaired) electrons. The average Bonchev–Trinajstić information content (AvgIpc) is 2.47. The summed E-state index contributed by atoms with van der Waals surface area (Å²) in [5, 5.41) is 6.24. The van der Waals surface area contributed by atoms with Crippen LogP contribution in [-0.2, 0) is 9.53 Å². The second-order valence-corrected chi connectivity index (χ2v) is 4.63. The number of hydrogen-bond acceptors (Lipinski definition) is 3. The molecule has 1 amide bonds. The Labute approximate surface area is 126 Å². The third-order valence-corrected chi connectivity index (χ3v) is 3.28. The van der Waals surface area contributed by atoms with Crippen molar-refractivity contribution < 1.29 is 9.53 Å². The van der Waals surface area contributed by atoms with E-state index >= 15 is 0 Å².